The highest BCUT2D eigenvalue weighted by atomic mass is 79.9. The van der Waals surface area contributed by atoms with Crippen LogP contribution in [0.2, 0.25) is 0 Å². The van der Waals surface area contributed by atoms with Gasteiger partial charge in [0.25, 0.3) is 0 Å². The molecule has 1 amide bonds. The summed E-state index contributed by atoms with van der Waals surface area (Å²) in [7, 11) is 0. The predicted octanol–water partition coefficient (Wildman–Crippen LogP) is 3.64. The molecule has 0 aromatic heterocycles. The van der Waals surface area contributed by atoms with E-state index in [4.69, 9.17) is 0 Å². The number of halogens is 1. The Morgan fingerprint density at radius 1 is 1.45 bits per heavy atom. The van der Waals surface area contributed by atoms with Crippen LogP contribution in [-0.2, 0) is 11.2 Å². The van der Waals surface area contributed by atoms with E-state index in [9.17, 15) is 4.79 Å². The second-order valence-electron chi connectivity index (χ2n) is 6.49. The van der Waals surface area contributed by atoms with E-state index in [1.54, 1.807) is 0 Å². The van der Waals surface area contributed by atoms with Crippen LogP contribution in [0.3, 0.4) is 0 Å². The lowest BCUT2D eigenvalue weighted by atomic mass is 9.92. The van der Waals surface area contributed by atoms with E-state index in [1.165, 1.54) is 11.1 Å². The predicted molar refractivity (Wildman–Crippen MR) is 85.1 cm³/mol. The number of amides is 1. The van der Waals surface area contributed by atoms with Crippen molar-refractivity contribution in [2.75, 3.05) is 5.33 Å². The number of rotatable bonds is 4. The standard InChI is InChI=1S/C17H22BrNO/c1-3-17(2,10-18)19-16(20)15-13-9-8-11-6-4-5-7-12(11)14(13)15/h4-7,13-15H,3,8-10H2,1-2H3,(H,19,20). The second kappa shape index (κ2) is 5.18. The molecule has 1 saturated carbocycles. The third kappa shape index (κ3) is 2.30. The van der Waals surface area contributed by atoms with E-state index in [1.807, 2.05) is 0 Å². The van der Waals surface area contributed by atoms with E-state index in [0.717, 1.165) is 24.6 Å². The Morgan fingerprint density at radius 3 is 2.90 bits per heavy atom. The first-order valence-electron chi connectivity index (χ1n) is 7.55. The molecule has 108 valence electrons. The number of nitrogens with one attached hydrogen (secondary N) is 1. The monoisotopic (exact) mass is 335 g/mol. The van der Waals surface area contributed by atoms with Gasteiger partial charge < -0.3 is 5.32 Å². The Balaban J connectivity index is 1.74. The molecule has 3 rings (SSSR count). The molecule has 20 heavy (non-hydrogen) atoms. The molecule has 0 aliphatic heterocycles. The summed E-state index contributed by atoms with van der Waals surface area (Å²) in [5.74, 6) is 1.49. The fourth-order valence-electron chi connectivity index (χ4n) is 3.52. The van der Waals surface area contributed by atoms with Crippen LogP contribution in [0.1, 0.15) is 43.7 Å². The summed E-state index contributed by atoms with van der Waals surface area (Å²) in [6.45, 7) is 4.23. The summed E-state index contributed by atoms with van der Waals surface area (Å²) in [5.41, 5.74) is 2.74. The summed E-state index contributed by atoms with van der Waals surface area (Å²) in [6.07, 6.45) is 3.24. The Kier molecular flexibility index (Phi) is 3.65. The normalized spacial score (nSPS) is 29.9. The highest BCUT2D eigenvalue weighted by molar-refractivity contribution is 9.09. The minimum atomic E-state index is -0.123. The first kappa shape index (κ1) is 14.1. The molecule has 3 heteroatoms. The number of benzene rings is 1. The number of carbonyl (C=O) groups excluding carboxylic acids is 1. The van der Waals surface area contributed by atoms with Crippen molar-refractivity contribution in [2.45, 2.75) is 44.6 Å². The molecule has 0 saturated heterocycles. The van der Waals surface area contributed by atoms with Gasteiger partial charge in [-0.05, 0) is 49.1 Å². The van der Waals surface area contributed by atoms with Gasteiger partial charge in [0.1, 0.15) is 0 Å². The summed E-state index contributed by atoms with van der Waals surface area (Å²) < 4.78 is 0. The van der Waals surface area contributed by atoms with Crippen LogP contribution < -0.4 is 5.32 Å². The van der Waals surface area contributed by atoms with Crippen molar-refractivity contribution in [3.05, 3.63) is 35.4 Å². The molecular formula is C17H22BrNO. The Labute approximate surface area is 129 Å². The van der Waals surface area contributed by atoms with E-state index < -0.39 is 0 Å². The molecule has 1 N–H and O–H groups in total. The van der Waals surface area contributed by atoms with Crippen LogP contribution in [0.25, 0.3) is 0 Å². The van der Waals surface area contributed by atoms with Crippen LogP contribution in [0.4, 0.5) is 0 Å². The lowest BCUT2D eigenvalue weighted by Crippen LogP contribution is -2.47. The molecular weight excluding hydrogens is 314 g/mol. The summed E-state index contributed by atoms with van der Waals surface area (Å²) in [4.78, 5) is 12.6. The van der Waals surface area contributed by atoms with Crippen molar-refractivity contribution in [3.63, 3.8) is 0 Å². The smallest absolute Gasteiger partial charge is 0.224 e. The Hall–Kier alpha value is -0.830. The lowest BCUT2D eigenvalue weighted by molar-refractivity contribution is -0.124. The van der Waals surface area contributed by atoms with Gasteiger partial charge in [-0.15, -0.1) is 0 Å². The van der Waals surface area contributed by atoms with Crippen LogP contribution in [-0.4, -0.2) is 16.8 Å². The molecule has 1 fully saturated rings. The summed E-state index contributed by atoms with van der Waals surface area (Å²) >= 11 is 3.52. The van der Waals surface area contributed by atoms with Crippen LogP contribution in [0.5, 0.6) is 0 Å². The van der Waals surface area contributed by atoms with Gasteiger partial charge in [-0.3, -0.25) is 4.79 Å². The molecule has 4 atom stereocenters. The lowest BCUT2D eigenvalue weighted by Gasteiger charge is -2.27. The maximum atomic E-state index is 12.6. The maximum Gasteiger partial charge on any atom is 0.224 e. The van der Waals surface area contributed by atoms with E-state index >= 15 is 0 Å². The average Bonchev–Trinajstić information content (AvgIpc) is 3.22. The minimum absolute atomic E-state index is 0.123. The first-order chi connectivity index (χ1) is 9.59. The van der Waals surface area contributed by atoms with Crippen LogP contribution >= 0.6 is 15.9 Å². The number of alkyl halides is 1. The van der Waals surface area contributed by atoms with Gasteiger partial charge in [0.2, 0.25) is 5.91 Å². The number of carbonyl (C=O) groups is 1. The Bertz CT molecular complexity index is 523. The largest absolute Gasteiger partial charge is 0.350 e. The van der Waals surface area contributed by atoms with Crippen molar-refractivity contribution in [3.8, 4) is 0 Å². The average molecular weight is 336 g/mol. The molecule has 0 bridgehead atoms. The number of hydrogen-bond acceptors (Lipinski definition) is 1. The third-order valence-electron chi connectivity index (χ3n) is 5.13. The second-order valence-corrected chi connectivity index (χ2v) is 7.05. The zero-order valence-corrected chi connectivity index (χ0v) is 13.7. The van der Waals surface area contributed by atoms with E-state index in [-0.39, 0.29) is 17.4 Å². The van der Waals surface area contributed by atoms with Gasteiger partial charge in [0.05, 0.1) is 0 Å². The fraction of sp³-hybridized carbons (Fsp3) is 0.588. The summed E-state index contributed by atoms with van der Waals surface area (Å²) in [5, 5.41) is 4.06. The molecule has 1 aromatic rings. The first-order valence-corrected chi connectivity index (χ1v) is 8.67. The van der Waals surface area contributed by atoms with Gasteiger partial charge in [0, 0.05) is 16.8 Å². The Morgan fingerprint density at radius 2 is 2.20 bits per heavy atom. The van der Waals surface area contributed by atoms with Crippen LogP contribution in [0.15, 0.2) is 24.3 Å². The summed E-state index contributed by atoms with van der Waals surface area (Å²) in [6, 6.07) is 8.63. The van der Waals surface area contributed by atoms with Crippen molar-refractivity contribution < 1.29 is 4.79 Å². The SMILES string of the molecule is CCC(C)(CBr)NC(=O)C1C2CCc3ccccc3C21. The van der Waals surface area contributed by atoms with Crippen molar-refractivity contribution in [1.82, 2.24) is 5.32 Å². The van der Waals surface area contributed by atoms with Gasteiger partial charge in [-0.25, -0.2) is 0 Å². The van der Waals surface area contributed by atoms with Gasteiger partial charge in [0.15, 0.2) is 0 Å². The zero-order chi connectivity index (χ0) is 14.3. The van der Waals surface area contributed by atoms with Crippen LogP contribution in [0, 0.1) is 11.8 Å². The van der Waals surface area contributed by atoms with Crippen molar-refractivity contribution >= 4 is 21.8 Å². The highest BCUT2D eigenvalue weighted by Crippen LogP contribution is 2.59. The van der Waals surface area contributed by atoms with E-state index in [2.05, 4.69) is 59.4 Å². The van der Waals surface area contributed by atoms with Crippen molar-refractivity contribution in [1.29, 1.82) is 0 Å². The molecule has 2 nitrogen and oxygen atoms in total. The number of hydrogen-bond donors (Lipinski definition) is 1. The van der Waals surface area contributed by atoms with Crippen molar-refractivity contribution in [2.24, 2.45) is 11.8 Å². The number of fused-ring (bicyclic) bond motifs is 3. The van der Waals surface area contributed by atoms with Gasteiger partial charge in [-0.1, -0.05) is 47.1 Å². The molecule has 1 aromatic carbocycles. The highest BCUT2D eigenvalue weighted by Gasteiger charge is 2.57. The third-order valence-corrected chi connectivity index (χ3v) is 6.37. The molecule has 4 unspecified atom stereocenters. The van der Waals surface area contributed by atoms with Gasteiger partial charge in [-0.2, -0.15) is 0 Å². The zero-order valence-electron chi connectivity index (χ0n) is 12.2. The molecule has 0 spiro atoms. The number of aryl methyl sites for hydroxylation is 1. The maximum absolute atomic E-state index is 12.6. The minimum Gasteiger partial charge on any atom is -0.350 e. The molecule has 2 aliphatic rings. The molecule has 0 heterocycles. The molecule has 0 radical (unpaired) electrons. The van der Waals surface area contributed by atoms with Gasteiger partial charge >= 0.3 is 0 Å². The quantitative estimate of drug-likeness (QED) is 0.836. The molecule has 2 aliphatic carbocycles. The van der Waals surface area contributed by atoms with E-state index in [0.29, 0.717) is 11.8 Å². The fourth-order valence-corrected chi connectivity index (χ4v) is 4.06. The topological polar surface area (TPSA) is 29.1 Å².